The lowest BCUT2D eigenvalue weighted by Gasteiger charge is -2.16. The number of nitrogens with zero attached hydrogens (tertiary/aromatic N) is 3. The fourth-order valence-electron chi connectivity index (χ4n) is 8.07. The normalized spacial score (nSPS) is 11.9. The molecule has 10 aromatic rings. The summed E-state index contributed by atoms with van der Waals surface area (Å²) in [5, 5.41) is 6.98. The van der Waals surface area contributed by atoms with Gasteiger partial charge in [-0.15, -0.1) is 0 Å². The molecule has 1 aliphatic rings. The van der Waals surface area contributed by atoms with Crippen LogP contribution in [-0.2, 0) is 0 Å². The minimum absolute atomic E-state index is 0.639. The highest BCUT2D eigenvalue weighted by Gasteiger charge is 2.29. The van der Waals surface area contributed by atoms with Gasteiger partial charge in [0.05, 0.1) is 0 Å². The minimum Gasteiger partial charge on any atom is -0.456 e. The van der Waals surface area contributed by atoms with E-state index >= 15 is 0 Å². The van der Waals surface area contributed by atoms with Crippen molar-refractivity contribution in [3.05, 3.63) is 164 Å². The molecule has 0 radical (unpaired) electrons. The molecule has 0 aliphatic heterocycles. The molecule has 0 bridgehead atoms. The molecule has 236 valence electrons. The lowest BCUT2D eigenvalue weighted by atomic mass is 9.86. The first kappa shape index (κ1) is 28.0. The van der Waals surface area contributed by atoms with E-state index in [2.05, 4.69) is 97.1 Å². The van der Waals surface area contributed by atoms with Crippen molar-refractivity contribution in [1.82, 2.24) is 15.0 Å². The second kappa shape index (κ2) is 10.8. The smallest absolute Gasteiger partial charge is 0.164 e. The van der Waals surface area contributed by atoms with Crippen molar-refractivity contribution >= 4 is 43.5 Å². The molecule has 0 atom stereocenters. The fraction of sp³-hybridized carbons (Fsp3) is 0. The standard InChI is InChI=1S/C47H27N3O/c1-3-13-29(14-4-1)45-48-46(30-15-5-2-6-16-30)50-47(49-45)35-24-12-20-31-32(35)21-11-23-33(31)44-42-37-25-10-18-28-17-9-22-34(41(28)37)38(42)27-40-43(44)36-19-7-8-26-39(36)51-40/h1-27H. The van der Waals surface area contributed by atoms with Crippen LogP contribution in [0.4, 0.5) is 0 Å². The van der Waals surface area contributed by atoms with Crippen molar-refractivity contribution in [2.75, 3.05) is 0 Å². The predicted octanol–water partition coefficient (Wildman–Crippen LogP) is 12.4. The number of hydrogen-bond donors (Lipinski definition) is 0. The van der Waals surface area contributed by atoms with Crippen molar-refractivity contribution in [3.63, 3.8) is 0 Å². The van der Waals surface area contributed by atoms with E-state index in [4.69, 9.17) is 19.4 Å². The average Bonchev–Trinajstić information content (AvgIpc) is 3.73. The second-order valence-electron chi connectivity index (χ2n) is 13.1. The third-order valence-electron chi connectivity index (χ3n) is 10.3. The van der Waals surface area contributed by atoms with Crippen LogP contribution < -0.4 is 0 Å². The first-order valence-corrected chi connectivity index (χ1v) is 17.2. The summed E-state index contributed by atoms with van der Waals surface area (Å²) >= 11 is 0. The Morgan fingerprint density at radius 2 is 0.882 bits per heavy atom. The molecule has 1 aliphatic carbocycles. The van der Waals surface area contributed by atoms with Crippen LogP contribution in [0.25, 0.3) is 111 Å². The Balaban J connectivity index is 1.22. The van der Waals surface area contributed by atoms with Crippen molar-refractivity contribution in [2.24, 2.45) is 0 Å². The third-order valence-corrected chi connectivity index (χ3v) is 10.3. The van der Waals surface area contributed by atoms with Crippen molar-refractivity contribution in [1.29, 1.82) is 0 Å². The molecule has 4 heteroatoms. The lowest BCUT2D eigenvalue weighted by molar-refractivity contribution is 0.669. The first-order valence-electron chi connectivity index (χ1n) is 17.2. The number of fused-ring (bicyclic) bond motifs is 7. The molecule has 2 aromatic heterocycles. The van der Waals surface area contributed by atoms with E-state index in [0.29, 0.717) is 17.5 Å². The number of benzene rings is 8. The largest absolute Gasteiger partial charge is 0.456 e. The predicted molar refractivity (Wildman–Crippen MR) is 208 cm³/mol. The average molecular weight is 650 g/mol. The molecule has 0 N–H and O–H groups in total. The van der Waals surface area contributed by atoms with Gasteiger partial charge in [-0.25, -0.2) is 15.0 Å². The minimum atomic E-state index is 0.639. The molecule has 0 saturated heterocycles. The molecule has 0 saturated carbocycles. The molecule has 0 amide bonds. The van der Waals surface area contributed by atoms with Gasteiger partial charge in [0.25, 0.3) is 0 Å². The molecule has 0 spiro atoms. The SMILES string of the molecule is c1ccc(-c2nc(-c3ccccc3)nc(-c3cccc4c(-c5c6c(cc7oc8ccccc8c57)-c5cccc7cccc-6c57)cccc34)n2)cc1. The molecule has 4 nitrogen and oxygen atoms in total. The maximum absolute atomic E-state index is 6.62. The Hall–Kier alpha value is -6.91. The molecular formula is C47H27N3O. The van der Waals surface area contributed by atoms with Gasteiger partial charge < -0.3 is 4.42 Å². The van der Waals surface area contributed by atoms with E-state index in [-0.39, 0.29) is 0 Å². The zero-order valence-corrected chi connectivity index (χ0v) is 27.3. The molecule has 0 fully saturated rings. The van der Waals surface area contributed by atoms with Gasteiger partial charge in [0.2, 0.25) is 0 Å². The monoisotopic (exact) mass is 649 g/mol. The van der Waals surface area contributed by atoms with Gasteiger partial charge in [-0.3, -0.25) is 0 Å². The van der Waals surface area contributed by atoms with Crippen molar-refractivity contribution in [3.8, 4) is 67.5 Å². The topological polar surface area (TPSA) is 51.8 Å². The van der Waals surface area contributed by atoms with Crippen LogP contribution in [0, 0.1) is 0 Å². The van der Waals surface area contributed by atoms with Crippen LogP contribution in [0.3, 0.4) is 0 Å². The highest BCUT2D eigenvalue weighted by Crippen LogP contribution is 2.55. The number of rotatable bonds is 4. The fourth-order valence-corrected chi connectivity index (χ4v) is 8.07. The number of aromatic nitrogens is 3. The van der Waals surface area contributed by atoms with Crippen LogP contribution >= 0.6 is 0 Å². The summed E-state index contributed by atoms with van der Waals surface area (Å²) < 4.78 is 6.62. The highest BCUT2D eigenvalue weighted by atomic mass is 16.3. The summed E-state index contributed by atoms with van der Waals surface area (Å²) in [4.78, 5) is 15.2. The molecule has 11 rings (SSSR count). The molecule has 2 heterocycles. The molecule has 51 heavy (non-hydrogen) atoms. The van der Waals surface area contributed by atoms with Crippen LogP contribution in [0.1, 0.15) is 0 Å². The van der Waals surface area contributed by atoms with Gasteiger partial charge in [0.15, 0.2) is 17.5 Å². The Morgan fingerprint density at radius 3 is 1.61 bits per heavy atom. The van der Waals surface area contributed by atoms with Crippen LogP contribution in [0.15, 0.2) is 168 Å². The Bertz CT molecular complexity index is 2960. The highest BCUT2D eigenvalue weighted by molar-refractivity contribution is 6.27. The summed E-state index contributed by atoms with van der Waals surface area (Å²) in [7, 11) is 0. The van der Waals surface area contributed by atoms with E-state index < -0.39 is 0 Å². The maximum Gasteiger partial charge on any atom is 0.164 e. The zero-order chi connectivity index (χ0) is 33.5. The van der Waals surface area contributed by atoms with Crippen molar-refractivity contribution < 1.29 is 4.42 Å². The molecule has 8 aromatic carbocycles. The van der Waals surface area contributed by atoms with Crippen LogP contribution in [0.2, 0.25) is 0 Å². The second-order valence-corrected chi connectivity index (χ2v) is 13.1. The van der Waals surface area contributed by atoms with E-state index in [0.717, 1.165) is 55.0 Å². The summed E-state index contributed by atoms with van der Waals surface area (Å²) in [5.74, 6) is 1.93. The number of hydrogen-bond acceptors (Lipinski definition) is 4. The van der Waals surface area contributed by atoms with Crippen LogP contribution in [0.5, 0.6) is 0 Å². The van der Waals surface area contributed by atoms with E-state index in [1.54, 1.807) is 0 Å². The Labute approximate surface area is 293 Å². The van der Waals surface area contributed by atoms with Gasteiger partial charge in [-0.05, 0) is 61.5 Å². The van der Waals surface area contributed by atoms with Gasteiger partial charge in [0.1, 0.15) is 11.2 Å². The summed E-state index contributed by atoms with van der Waals surface area (Å²) in [6, 6.07) is 57.2. The van der Waals surface area contributed by atoms with E-state index in [9.17, 15) is 0 Å². The van der Waals surface area contributed by atoms with Gasteiger partial charge in [-0.2, -0.15) is 0 Å². The quantitative estimate of drug-likeness (QED) is 0.190. The van der Waals surface area contributed by atoms with Gasteiger partial charge in [0, 0.05) is 33.0 Å². The van der Waals surface area contributed by atoms with Crippen LogP contribution in [-0.4, -0.2) is 15.0 Å². The Kier molecular flexibility index (Phi) is 5.92. The number of furan rings is 1. The summed E-state index contributed by atoms with van der Waals surface area (Å²) in [6.07, 6.45) is 0. The van der Waals surface area contributed by atoms with Gasteiger partial charge in [-0.1, -0.05) is 152 Å². The lowest BCUT2D eigenvalue weighted by Crippen LogP contribution is -2.00. The van der Waals surface area contributed by atoms with Crippen molar-refractivity contribution in [2.45, 2.75) is 0 Å². The molecular weight excluding hydrogens is 623 g/mol. The van der Waals surface area contributed by atoms with E-state index in [1.165, 1.54) is 38.6 Å². The summed E-state index contributed by atoms with van der Waals surface area (Å²) in [5.41, 5.74) is 11.9. The third kappa shape index (κ3) is 4.17. The molecule has 0 unspecified atom stereocenters. The first-order chi connectivity index (χ1) is 25.3. The zero-order valence-electron chi connectivity index (χ0n) is 27.3. The maximum atomic E-state index is 6.62. The van der Waals surface area contributed by atoms with E-state index in [1.807, 2.05) is 66.7 Å². The number of para-hydroxylation sites is 1. The Morgan fingerprint density at radius 1 is 0.333 bits per heavy atom. The van der Waals surface area contributed by atoms with Gasteiger partial charge >= 0.3 is 0 Å². The summed E-state index contributed by atoms with van der Waals surface area (Å²) in [6.45, 7) is 0.